The van der Waals surface area contributed by atoms with Gasteiger partial charge >= 0.3 is 0 Å². The topological polar surface area (TPSA) is 48.1 Å². The van der Waals surface area contributed by atoms with E-state index >= 15 is 0 Å². The SMILES string of the molecule is NC(C1=COCCC1)c1ccncc1. The molecule has 14 heavy (non-hydrogen) atoms. The summed E-state index contributed by atoms with van der Waals surface area (Å²) in [4.78, 5) is 3.97. The van der Waals surface area contributed by atoms with E-state index in [9.17, 15) is 0 Å². The van der Waals surface area contributed by atoms with Crippen molar-refractivity contribution >= 4 is 0 Å². The van der Waals surface area contributed by atoms with Crippen LogP contribution in [0.4, 0.5) is 0 Å². The Hall–Kier alpha value is -1.35. The van der Waals surface area contributed by atoms with E-state index in [2.05, 4.69) is 4.98 Å². The fourth-order valence-electron chi connectivity index (χ4n) is 1.60. The van der Waals surface area contributed by atoms with Crippen LogP contribution in [0.1, 0.15) is 24.4 Å². The maximum Gasteiger partial charge on any atom is 0.0876 e. The Labute approximate surface area is 83.6 Å². The average Bonchev–Trinajstić information content (AvgIpc) is 2.30. The molecule has 1 unspecified atom stereocenters. The van der Waals surface area contributed by atoms with Gasteiger partial charge in [-0.1, -0.05) is 0 Å². The minimum atomic E-state index is -0.0432. The molecule has 1 aromatic rings. The highest BCUT2D eigenvalue weighted by atomic mass is 16.5. The van der Waals surface area contributed by atoms with Crippen LogP contribution in [0.5, 0.6) is 0 Å². The molecule has 0 aromatic carbocycles. The van der Waals surface area contributed by atoms with Crippen LogP contribution >= 0.6 is 0 Å². The lowest BCUT2D eigenvalue weighted by atomic mass is 9.97. The Morgan fingerprint density at radius 3 is 2.79 bits per heavy atom. The van der Waals surface area contributed by atoms with Crippen LogP contribution in [0.15, 0.2) is 36.4 Å². The van der Waals surface area contributed by atoms with E-state index in [-0.39, 0.29) is 6.04 Å². The molecule has 2 rings (SSSR count). The number of aromatic nitrogens is 1. The van der Waals surface area contributed by atoms with Crippen molar-refractivity contribution in [3.63, 3.8) is 0 Å². The molecule has 0 radical (unpaired) electrons. The summed E-state index contributed by atoms with van der Waals surface area (Å²) in [6, 6.07) is 3.85. The zero-order chi connectivity index (χ0) is 9.80. The lowest BCUT2D eigenvalue weighted by Gasteiger charge is -2.19. The Morgan fingerprint density at radius 1 is 1.36 bits per heavy atom. The van der Waals surface area contributed by atoms with Crippen molar-refractivity contribution in [3.8, 4) is 0 Å². The highest BCUT2D eigenvalue weighted by Gasteiger charge is 2.14. The van der Waals surface area contributed by atoms with Gasteiger partial charge in [0.05, 0.1) is 18.9 Å². The van der Waals surface area contributed by atoms with Crippen molar-refractivity contribution in [2.75, 3.05) is 6.61 Å². The summed E-state index contributed by atoms with van der Waals surface area (Å²) in [6.07, 6.45) is 7.42. The Bertz CT molecular complexity index is 321. The number of pyridine rings is 1. The molecule has 0 saturated heterocycles. The number of hydrogen-bond donors (Lipinski definition) is 1. The van der Waals surface area contributed by atoms with Crippen molar-refractivity contribution in [1.29, 1.82) is 0 Å². The minimum absolute atomic E-state index is 0.0432. The number of nitrogens with zero attached hydrogens (tertiary/aromatic N) is 1. The quantitative estimate of drug-likeness (QED) is 0.773. The van der Waals surface area contributed by atoms with Crippen molar-refractivity contribution in [1.82, 2.24) is 4.98 Å². The van der Waals surface area contributed by atoms with Crippen molar-refractivity contribution < 1.29 is 4.74 Å². The minimum Gasteiger partial charge on any atom is -0.501 e. The monoisotopic (exact) mass is 190 g/mol. The van der Waals surface area contributed by atoms with E-state index in [1.807, 2.05) is 12.1 Å². The maximum absolute atomic E-state index is 6.09. The fraction of sp³-hybridized carbons (Fsp3) is 0.364. The second-order valence-corrected chi connectivity index (χ2v) is 3.43. The normalized spacial score (nSPS) is 18.2. The highest BCUT2D eigenvalue weighted by Crippen LogP contribution is 2.24. The van der Waals surface area contributed by atoms with Crippen LogP contribution in [-0.4, -0.2) is 11.6 Å². The molecule has 3 nitrogen and oxygen atoms in total. The Morgan fingerprint density at radius 2 is 2.14 bits per heavy atom. The lowest BCUT2D eigenvalue weighted by molar-refractivity contribution is 0.221. The highest BCUT2D eigenvalue weighted by molar-refractivity contribution is 5.25. The summed E-state index contributed by atoms with van der Waals surface area (Å²) in [7, 11) is 0. The average molecular weight is 190 g/mol. The standard InChI is InChI=1S/C11H14N2O/c12-11(9-3-5-13-6-4-9)10-2-1-7-14-8-10/h3-6,8,11H,1-2,7,12H2. The van der Waals surface area contributed by atoms with Crippen LogP contribution in [0.25, 0.3) is 0 Å². The summed E-state index contributed by atoms with van der Waals surface area (Å²) in [5, 5.41) is 0. The van der Waals surface area contributed by atoms with Crippen LogP contribution < -0.4 is 5.73 Å². The van der Waals surface area contributed by atoms with Gasteiger partial charge in [-0.2, -0.15) is 0 Å². The van der Waals surface area contributed by atoms with Crippen LogP contribution in [0.3, 0.4) is 0 Å². The fourth-order valence-corrected chi connectivity index (χ4v) is 1.60. The van der Waals surface area contributed by atoms with Crippen molar-refractivity contribution in [2.45, 2.75) is 18.9 Å². The van der Waals surface area contributed by atoms with Gasteiger partial charge in [0.15, 0.2) is 0 Å². The third-order valence-electron chi connectivity index (χ3n) is 2.43. The van der Waals surface area contributed by atoms with Gasteiger partial charge in [-0.25, -0.2) is 0 Å². The number of hydrogen-bond acceptors (Lipinski definition) is 3. The first-order valence-corrected chi connectivity index (χ1v) is 4.84. The number of nitrogens with two attached hydrogens (primary N) is 1. The van der Waals surface area contributed by atoms with Gasteiger partial charge in [0.1, 0.15) is 0 Å². The summed E-state index contributed by atoms with van der Waals surface area (Å²) >= 11 is 0. The second kappa shape index (κ2) is 4.24. The molecule has 0 saturated carbocycles. The smallest absolute Gasteiger partial charge is 0.0876 e. The van der Waals surface area contributed by atoms with E-state index < -0.39 is 0 Å². The van der Waals surface area contributed by atoms with Gasteiger partial charge < -0.3 is 10.5 Å². The number of ether oxygens (including phenoxy) is 1. The molecule has 0 amide bonds. The van der Waals surface area contributed by atoms with Crippen LogP contribution in [0, 0.1) is 0 Å². The molecule has 1 aliphatic heterocycles. The molecule has 0 fully saturated rings. The summed E-state index contributed by atoms with van der Waals surface area (Å²) < 4.78 is 5.27. The van der Waals surface area contributed by atoms with E-state index in [0.29, 0.717) is 0 Å². The summed E-state index contributed by atoms with van der Waals surface area (Å²) in [5.74, 6) is 0. The first-order valence-electron chi connectivity index (χ1n) is 4.84. The van der Waals surface area contributed by atoms with Gasteiger partial charge in [-0.15, -0.1) is 0 Å². The predicted molar refractivity (Wildman–Crippen MR) is 54.4 cm³/mol. The molecule has 3 heteroatoms. The molecule has 1 aromatic heterocycles. The molecule has 0 aliphatic carbocycles. The van der Waals surface area contributed by atoms with E-state index in [1.165, 1.54) is 5.57 Å². The lowest BCUT2D eigenvalue weighted by Crippen LogP contribution is -2.16. The summed E-state index contributed by atoms with van der Waals surface area (Å²) in [6.45, 7) is 0.812. The largest absolute Gasteiger partial charge is 0.501 e. The number of rotatable bonds is 2. The third kappa shape index (κ3) is 1.93. The van der Waals surface area contributed by atoms with E-state index in [1.54, 1.807) is 18.7 Å². The molecule has 0 bridgehead atoms. The predicted octanol–water partition coefficient (Wildman–Crippen LogP) is 1.78. The molecule has 2 heterocycles. The van der Waals surface area contributed by atoms with Gasteiger partial charge in [-0.05, 0) is 36.1 Å². The van der Waals surface area contributed by atoms with Crippen molar-refractivity contribution in [2.24, 2.45) is 5.73 Å². The maximum atomic E-state index is 6.09. The van der Waals surface area contributed by atoms with Crippen molar-refractivity contribution in [3.05, 3.63) is 41.9 Å². The first kappa shape index (κ1) is 9.21. The molecule has 2 N–H and O–H groups in total. The second-order valence-electron chi connectivity index (χ2n) is 3.43. The Kier molecular flexibility index (Phi) is 2.79. The Balaban J connectivity index is 2.15. The van der Waals surface area contributed by atoms with Gasteiger partial charge in [0, 0.05) is 12.4 Å². The van der Waals surface area contributed by atoms with Gasteiger partial charge in [0.2, 0.25) is 0 Å². The molecule has 1 atom stereocenters. The molecule has 1 aliphatic rings. The van der Waals surface area contributed by atoms with Gasteiger partial charge in [0.25, 0.3) is 0 Å². The molecule has 74 valence electrons. The zero-order valence-electron chi connectivity index (χ0n) is 8.02. The van der Waals surface area contributed by atoms with E-state index in [4.69, 9.17) is 10.5 Å². The summed E-state index contributed by atoms with van der Waals surface area (Å²) in [5.41, 5.74) is 8.36. The van der Waals surface area contributed by atoms with Crippen LogP contribution in [0.2, 0.25) is 0 Å². The zero-order valence-corrected chi connectivity index (χ0v) is 8.02. The van der Waals surface area contributed by atoms with E-state index in [0.717, 1.165) is 25.0 Å². The first-order chi connectivity index (χ1) is 6.88. The third-order valence-corrected chi connectivity index (χ3v) is 2.43. The molecular weight excluding hydrogens is 176 g/mol. The van der Waals surface area contributed by atoms with Crippen LogP contribution in [-0.2, 0) is 4.74 Å². The molecular formula is C11H14N2O. The van der Waals surface area contributed by atoms with Gasteiger partial charge in [-0.3, -0.25) is 4.98 Å². The molecule has 0 spiro atoms.